The molecule has 0 bridgehead atoms. The Morgan fingerprint density at radius 2 is 1.80 bits per heavy atom. The zero-order valence-corrected chi connectivity index (χ0v) is 22.6. The molecule has 0 aliphatic rings. The third kappa shape index (κ3) is 4.38. The van der Waals surface area contributed by atoms with Gasteiger partial charge in [-0.05, 0) is 80.6 Å². The van der Waals surface area contributed by atoms with Crippen LogP contribution in [0.2, 0.25) is 5.02 Å². The van der Waals surface area contributed by atoms with Gasteiger partial charge in [0.15, 0.2) is 5.76 Å². The lowest BCUT2D eigenvalue weighted by Gasteiger charge is -2.10. The topological polar surface area (TPSA) is 91.6 Å². The van der Waals surface area contributed by atoms with Crippen molar-refractivity contribution in [2.24, 2.45) is 5.10 Å². The summed E-state index contributed by atoms with van der Waals surface area (Å²) in [7, 11) is 1.35. The number of carbonyl (C=O) groups is 1. The van der Waals surface area contributed by atoms with Gasteiger partial charge in [0.2, 0.25) is 5.82 Å². The van der Waals surface area contributed by atoms with Gasteiger partial charge in [0.25, 0.3) is 5.56 Å². The molecule has 0 saturated heterocycles. The molecule has 6 rings (SSSR count). The lowest BCUT2D eigenvalue weighted by molar-refractivity contribution is 0.0600. The first kappa shape index (κ1) is 25.3. The van der Waals surface area contributed by atoms with Crippen molar-refractivity contribution >= 4 is 45.7 Å². The molecule has 0 aliphatic carbocycles. The number of halogens is 1. The maximum atomic E-state index is 13.6. The van der Waals surface area contributed by atoms with E-state index in [-0.39, 0.29) is 11.4 Å². The summed E-state index contributed by atoms with van der Waals surface area (Å²) in [6.45, 7) is 3.95. The summed E-state index contributed by atoms with van der Waals surface area (Å²) >= 11 is 6.17. The van der Waals surface area contributed by atoms with Crippen LogP contribution in [0.1, 0.15) is 27.3 Å². The molecule has 0 spiro atoms. The lowest BCUT2D eigenvalue weighted by atomic mass is 10.2. The molecule has 0 unspecified atom stereocenters. The first-order chi connectivity index (χ1) is 19.3. The average Bonchev–Trinajstić information content (AvgIpc) is 3.51. The molecule has 0 saturated carbocycles. The Morgan fingerprint density at radius 1 is 1.02 bits per heavy atom. The quantitative estimate of drug-likeness (QED) is 0.179. The molecule has 8 nitrogen and oxygen atoms in total. The predicted molar refractivity (Wildman–Crippen MR) is 156 cm³/mol. The minimum Gasteiger partial charge on any atom is -0.465 e. The average molecular weight is 551 g/mol. The molecule has 0 aliphatic heterocycles. The molecule has 0 amide bonds. The molecule has 0 fully saturated rings. The molecule has 6 aromatic rings. The molecule has 40 heavy (non-hydrogen) atoms. The van der Waals surface area contributed by atoms with Gasteiger partial charge in [-0.25, -0.2) is 9.78 Å². The van der Waals surface area contributed by atoms with Crippen LogP contribution in [-0.4, -0.2) is 33.5 Å². The van der Waals surface area contributed by atoms with Crippen LogP contribution in [0.3, 0.4) is 0 Å². The number of para-hydroxylation sites is 1. The van der Waals surface area contributed by atoms with E-state index < -0.39 is 5.97 Å². The fourth-order valence-electron chi connectivity index (χ4n) is 4.81. The van der Waals surface area contributed by atoms with Crippen LogP contribution in [0.15, 0.2) is 93.2 Å². The standard InChI is InChI=1S/C31H23ClN4O4/c1-18-14-22(19(2)35(18)24-11-8-20(9-12-24)31(38)39-3)17-33-36-29(34-26-7-5-4-6-25(26)30(36)37)28-16-21-15-23(32)10-13-27(21)40-28/h4-17H,1-3H3. The van der Waals surface area contributed by atoms with E-state index in [2.05, 4.69) is 5.10 Å². The third-order valence-corrected chi connectivity index (χ3v) is 7.02. The molecular weight excluding hydrogens is 528 g/mol. The van der Waals surface area contributed by atoms with Crippen molar-refractivity contribution in [2.45, 2.75) is 13.8 Å². The maximum absolute atomic E-state index is 13.6. The van der Waals surface area contributed by atoms with Gasteiger partial charge in [-0.2, -0.15) is 9.78 Å². The Bertz CT molecular complexity index is 2020. The van der Waals surface area contributed by atoms with Crippen LogP contribution in [0.5, 0.6) is 0 Å². The highest BCUT2D eigenvalue weighted by molar-refractivity contribution is 6.31. The monoisotopic (exact) mass is 550 g/mol. The largest absolute Gasteiger partial charge is 0.465 e. The number of aryl methyl sites for hydroxylation is 1. The van der Waals surface area contributed by atoms with Crippen molar-refractivity contribution in [1.29, 1.82) is 0 Å². The Morgan fingerprint density at radius 3 is 2.58 bits per heavy atom. The molecule has 0 radical (unpaired) electrons. The number of fused-ring (bicyclic) bond motifs is 2. The number of hydrogen-bond acceptors (Lipinski definition) is 6. The summed E-state index contributed by atoms with van der Waals surface area (Å²) in [5.41, 5.74) is 4.89. The Hall–Kier alpha value is -4.95. The van der Waals surface area contributed by atoms with Crippen LogP contribution in [0, 0.1) is 13.8 Å². The van der Waals surface area contributed by atoms with Crippen molar-refractivity contribution < 1.29 is 13.9 Å². The van der Waals surface area contributed by atoms with Crippen LogP contribution < -0.4 is 5.56 Å². The number of benzene rings is 3. The molecule has 3 heterocycles. The van der Waals surface area contributed by atoms with Gasteiger partial charge in [-0.1, -0.05) is 23.7 Å². The summed E-state index contributed by atoms with van der Waals surface area (Å²) in [5.74, 6) is 0.283. The fraction of sp³-hybridized carbons (Fsp3) is 0.0968. The minimum absolute atomic E-state index is 0.277. The van der Waals surface area contributed by atoms with Crippen molar-refractivity contribution in [1.82, 2.24) is 14.2 Å². The maximum Gasteiger partial charge on any atom is 0.337 e. The molecule has 198 valence electrons. The zero-order valence-electron chi connectivity index (χ0n) is 21.9. The van der Waals surface area contributed by atoms with Crippen LogP contribution in [0.4, 0.5) is 0 Å². The summed E-state index contributed by atoms with van der Waals surface area (Å²) in [4.78, 5) is 30.2. The highest BCUT2D eigenvalue weighted by Gasteiger charge is 2.17. The van der Waals surface area contributed by atoms with Gasteiger partial charge < -0.3 is 13.7 Å². The lowest BCUT2D eigenvalue weighted by Crippen LogP contribution is -2.20. The number of hydrogen-bond donors (Lipinski definition) is 0. The van der Waals surface area contributed by atoms with E-state index in [0.29, 0.717) is 32.8 Å². The fourth-order valence-corrected chi connectivity index (χ4v) is 5.00. The highest BCUT2D eigenvalue weighted by atomic mass is 35.5. The molecule has 9 heteroatoms. The Kier molecular flexibility index (Phi) is 6.32. The normalized spacial score (nSPS) is 11.6. The number of esters is 1. The summed E-state index contributed by atoms with van der Waals surface area (Å²) < 4.78 is 14.2. The number of rotatable bonds is 5. The van der Waals surface area contributed by atoms with Crippen LogP contribution in [-0.2, 0) is 4.74 Å². The van der Waals surface area contributed by atoms with Crippen LogP contribution >= 0.6 is 11.6 Å². The van der Waals surface area contributed by atoms with E-state index >= 15 is 0 Å². The van der Waals surface area contributed by atoms with E-state index in [1.165, 1.54) is 11.8 Å². The van der Waals surface area contributed by atoms with Crippen LogP contribution in [0.25, 0.3) is 39.1 Å². The van der Waals surface area contributed by atoms with Crippen molar-refractivity contribution in [3.8, 4) is 17.3 Å². The SMILES string of the molecule is COC(=O)c1ccc(-n2c(C)cc(C=Nn3c(-c4cc5cc(Cl)ccc5o4)nc4ccccc4c3=O)c2C)cc1. The van der Waals surface area contributed by atoms with Crippen molar-refractivity contribution in [2.75, 3.05) is 7.11 Å². The van der Waals surface area contributed by atoms with Gasteiger partial charge >= 0.3 is 5.97 Å². The third-order valence-electron chi connectivity index (χ3n) is 6.78. The number of nitrogens with zero attached hydrogens (tertiary/aromatic N) is 4. The smallest absolute Gasteiger partial charge is 0.337 e. The van der Waals surface area contributed by atoms with Gasteiger partial charge in [0.1, 0.15) is 5.58 Å². The number of ether oxygens (including phenoxy) is 1. The van der Waals surface area contributed by atoms with Gasteiger partial charge in [0.05, 0.1) is 29.8 Å². The summed E-state index contributed by atoms with van der Waals surface area (Å²) in [6, 6.07) is 23.4. The number of furan rings is 1. The molecule has 0 atom stereocenters. The highest BCUT2D eigenvalue weighted by Crippen LogP contribution is 2.29. The van der Waals surface area contributed by atoms with Gasteiger partial charge in [-0.15, -0.1) is 0 Å². The van der Waals surface area contributed by atoms with Crippen molar-refractivity contribution in [3.63, 3.8) is 0 Å². The van der Waals surface area contributed by atoms with E-state index in [1.807, 2.05) is 42.7 Å². The zero-order chi connectivity index (χ0) is 28.0. The molecule has 3 aromatic carbocycles. The van der Waals surface area contributed by atoms with E-state index in [0.717, 1.165) is 28.0 Å². The Balaban J connectivity index is 1.46. The summed E-state index contributed by atoms with van der Waals surface area (Å²) in [5, 5.41) is 6.42. The number of carbonyl (C=O) groups excluding carboxylic acids is 1. The minimum atomic E-state index is -0.391. The van der Waals surface area contributed by atoms with E-state index in [9.17, 15) is 9.59 Å². The Labute approximate surface area is 233 Å². The predicted octanol–water partition coefficient (Wildman–Crippen LogP) is 6.54. The number of methoxy groups -OCH3 is 1. The van der Waals surface area contributed by atoms with Gasteiger partial charge in [0, 0.05) is 33.0 Å². The first-order valence-electron chi connectivity index (χ1n) is 12.5. The number of aromatic nitrogens is 3. The molecule has 0 N–H and O–H groups in total. The van der Waals surface area contributed by atoms with Crippen molar-refractivity contribution in [3.05, 3.63) is 117 Å². The molecular formula is C31H23ClN4O4. The van der Waals surface area contributed by atoms with E-state index in [4.69, 9.17) is 25.7 Å². The second-order valence-electron chi connectivity index (χ2n) is 9.31. The first-order valence-corrected chi connectivity index (χ1v) is 12.8. The van der Waals surface area contributed by atoms with E-state index in [1.54, 1.807) is 60.8 Å². The second kappa shape index (κ2) is 9.98. The molecule has 3 aromatic heterocycles. The second-order valence-corrected chi connectivity index (χ2v) is 9.74. The van der Waals surface area contributed by atoms with Gasteiger partial charge in [-0.3, -0.25) is 4.79 Å². The summed E-state index contributed by atoms with van der Waals surface area (Å²) in [6.07, 6.45) is 1.64.